The number of carboxylic acid groups (broad SMARTS) is 1. The highest BCUT2D eigenvalue weighted by Crippen LogP contribution is 2.35. The molecule has 2 amide bonds. The Labute approximate surface area is 205 Å². The molecule has 0 spiro atoms. The van der Waals surface area contributed by atoms with E-state index < -0.39 is 23.7 Å². The Balaban J connectivity index is 1.45. The second-order valence-electron chi connectivity index (χ2n) is 7.94. The molecule has 7 nitrogen and oxygen atoms in total. The first-order chi connectivity index (χ1) is 16.3. The van der Waals surface area contributed by atoms with Crippen LogP contribution in [0, 0.1) is 11.8 Å². The van der Waals surface area contributed by atoms with E-state index >= 15 is 0 Å². The minimum Gasteiger partial charge on any atom is -0.481 e. The van der Waals surface area contributed by atoms with Crippen LogP contribution in [0.5, 0.6) is 0 Å². The lowest BCUT2D eigenvalue weighted by Crippen LogP contribution is -2.34. The lowest BCUT2D eigenvalue weighted by Gasteiger charge is -2.24. The van der Waals surface area contributed by atoms with Crippen LogP contribution in [0.25, 0.3) is 10.1 Å². The fourth-order valence-electron chi connectivity index (χ4n) is 3.84. The van der Waals surface area contributed by atoms with Gasteiger partial charge in [-0.1, -0.05) is 54.1 Å². The molecule has 1 heterocycles. The number of allylic oxidation sites excluding steroid dienone is 2. The third-order valence-electron chi connectivity index (χ3n) is 5.70. The molecule has 2 aromatic carbocycles. The molecule has 0 radical (unpaired) electrons. The van der Waals surface area contributed by atoms with Gasteiger partial charge in [-0.3, -0.25) is 14.4 Å². The quantitative estimate of drug-likeness (QED) is 0.244. The van der Waals surface area contributed by atoms with Gasteiger partial charge in [0.1, 0.15) is 4.88 Å². The summed E-state index contributed by atoms with van der Waals surface area (Å²) in [5.41, 5.74) is 4.29. The van der Waals surface area contributed by atoms with Gasteiger partial charge in [0.05, 0.1) is 22.6 Å². The number of hydrogen-bond acceptors (Lipinski definition) is 5. The minimum absolute atomic E-state index is 0.336. The van der Waals surface area contributed by atoms with Crippen molar-refractivity contribution >= 4 is 62.2 Å². The zero-order chi connectivity index (χ0) is 24.2. The zero-order valence-corrected chi connectivity index (χ0v) is 19.8. The first kappa shape index (κ1) is 23.7. The number of nitrogens with zero attached hydrogens (tertiary/aromatic N) is 1. The van der Waals surface area contributed by atoms with Gasteiger partial charge in [0.15, 0.2) is 0 Å². The predicted molar refractivity (Wildman–Crippen MR) is 135 cm³/mol. The molecule has 0 fully saturated rings. The molecule has 4 rings (SSSR count). The Hall–Kier alpha value is -3.49. The summed E-state index contributed by atoms with van der Waals surface area (Å²) in [5, 5.41) is 17.6. The van der Waals surface area contributed by atoms with Gasteiger partial charge in [0.25, 0.3) is 5.91 Å². The van der Waals surface area contributed by atoms with Crippen LogP contribution in [0.15, 0.2) is 65.8 Å². The number of hydrazone groups is 1. The number of aliphatic carboxylic acids is 1. The van der Waals surface area contributed by atoms with E-state index in [0.29, 0.717) is 39.7 Å². The molecule has 0 bridgehead atoms. The molecule has 0 saturated carbocycles. The molecule has 9 heteroatoms. The highest BCUT2D eigenvalue weighted by Gasteiger charge is 2.34. The van der Waals surface area contributed by atoms with Crippen LogP contribution in [-0.2, 0) is 9.59 Å². The number of benzene rings is 2. The maximum absolute atomic E-state index is 12.7. The van der Waals surface area contributed by atoms with Crippen molar-refractivity contribution in [2.75, 3.05) is 5.32 Å². The van der Waals surface area contributed by atoms with E-state index in [1.54, 1.807) is 37.3 Å². The summed E-state index contributed by atoms with van der Waals surface area (Å²) in [6, 6.07) is 14.5. The Morgan fingerprint density at radius 1 is 1.06 bits per heavy atom. The molecule has 2 unspecified atom stereocenters. The molecule has 1 aliphatic carbocycles. The molecule has 174 valence electrons. The summed E-state index contributed by atoms with van der Waals surface area (Å²) in [6.45, 7) is 1.74. The molecule has 2 atom stereocenters. The van der Waals surface area contributed by atoms with Crippen LogP contribution in [0.1, 0.15) is 35.0 Å². The molecule has 3 N–H and O–H groups in total. The first-order valence-corrected chi connectivity index (χ1v) is 11.9. The second kappa shape index (κ2) is 10.2. The zero-order valence-electron chi connectivity index (χ0n) is 18.2. The van der Waals surface area contributed by atoms with E-state index in [4.69, 9.17) is 11.6 Å². The third kappa shape index (κ3) is 5.03. The number of rotatable bonds is 6. The number of carbonyl (C=O) groups is 3. The molecular formula is C25H22ClN3O4S. The summed E-state index contributed by atoms with van der Waals surface area (Å²) in [6.07, 6.45) is 4.35. The van der Waals surface area contributed by atoms with Crippen LogP contribution < -0.4 is 10.7 Å². The van der Waals surface area contributed by atoms with Crippen LogP contribution in [-0.4, -0.2) is 28.6 Å². The van der Waals surface area contributed by atoms with Crippen LogP contribution in [0.4, 0.5) is 5.69 Å². The van der Waals surface area contributed by atoms with Gasteiger partial charge < -0.3 is 10.4 Å². The van der Waals surface area contributed by atoms with Gasteiger partial charge in [0, 0.05) is 15.8 Å². The number of carboxylic acids is 1. The Morgan fingerprint density at radius 2 is 1.79 bits per heavy atom. The largest absolute Gasteiger partial charge is 0.481 e. The predicted octanol–water partition coefficient (Wildman–Crippen LogP) is 5.31. The standard InChI is InChI=1S/C25H22ClN3O4S/c1-14(28-29-24(31)22-21(26)19-11-4-5-12-20(19)34-22)15-7-6-8-16(13-15)27-23(30)17-9-2-3-10-18(17)25(32)33/h2-8,11-13,17-18H,9-10H2,1H3,(H,27,30)(H,29,31)(H,32,33)/b28-14+. The SMILES string of the molecule is C/C(=N\NC(=O)c1sc2ccccc2c1Cl)c1cccc(NC(=O)C2CC=CCC2C(=O)O)c1. The maximum atomic E-state index is 12.7. The number of fused-ring (bicyclic) bond motifs is 1. The van der Waals surface area contributed by atoms with Crippen molar-refractivity contribution in [1.82, 2.24) is 5.43 Å². The highest BCUT2D eigenvalue weighted by atomic mass is 35.5. The van der Waals surface area contributed by atoms with E-state index in [2.05, 4.69) is 15.8 Å². The Bertz CT molecular complexity index is 1330. The van der Waals surface area contributed by atoms with Crippen molar-refractivity contribution in [3.63, 3.8) is 0 Å². The van der Waals surface area contributed by atoms with Gasteiger partial charge in [-0.25, -0.2) is 5.43 Å². The third-order valence-corrected chi connectivity index (χ3v) is 7.37. The van der Waals surface area contributed by atoms with E-state index in [9.17, 15) is 19.5 Å². The van der Waals surface area contributed by atoms with E-state index in [-0.39, 0.29) is 5.91 Å². The Morgan fingerprint density at radius 3 is 2.53 bits per heavy atom. The van der Waals surface area contributed by atoms with Crippen molar-refractivity contribution in [1.29, 1.82) is 0 Å². The molecule has 1 aliphatic rings. The molecule has 1 aromatic heterocycles. The number of hydrogen-bond donors (Lipinski definition) is 3. The Kier molecular flexibility index (Phi) is 7.09. The van der Waals surface area contributed by atoms with Gasteiger partial charge in [-0.05, 0) is 43.5 Å². The van der Waals surface area contributed by atoms with Crippen molar-refractivity contribution < 1.29 is 19.5 Å². The average Bonchev–Trinajstić information content (AvgIpc) is 3.19. The lowest BCUT2D eigenvalue weighted by molar-refractivity contribution is -0.146. The number of thiophene rings is 1. The van der Waals surface area contributed by atoms with Crippen LogP contribution in [0.2, 0.25) is 5.02 Å². The van der Waals surface area contributed by atoms with Gasteiger partial charge in [-0.15, -0.1) is 11.3 Å². The van der Waals surface area contributed by atoms with Gasteiger partial charge >= 0.3 is 5.97 Å². The minimum atomic E-state index is -0.976. The lowest BCUT2D eigenvalue weighted by atomic mass is 9.82. The molecule has 0 aliphatic heterocycles. The summed E-state index contributed by atoms with van der Waals surface area (Å²) in [5.74, 6) is -3.09. The van der Waals surface area contributed by atoms with Crippen molar-refractivity contribution in [3.05, 3.63) is 76.1 Å². The number of amides is 2. The van der Waals surface area contributed by atoms with Crippen molar-refractivity contribution in [2.24, 2.45) is 16.9 Å². The fraction of sp³-hybridized carbons (Fsp3) is 0.200. The molecular weight excluding hydrogens is 474 g/mol. The van der Waals surface area contributed by atoms with Crippen molar-refractivity contribution in [2.45, 2.75) is 19.8 Å². The van der Waals surface area contributed by atoms with Crippen molar-refractivity contribution in [3.8, 4) is 0 Å². The topological polar surface area (TPSA) is 108 Å². The monoisotopic (exact) mass is 495 g/mol. The van der Waals surface area contributed by atoms with E-state index in [0.717, 1.165) is 10.1 Å². The molecule has 34 heavy (non-hydrogen) atoms. The average molecular weight is 496 g/mol. The smallest absolute Gasteiger partial charge is 0.307 e. The summed E-state index contributed by atoms with van der Waals surface area (Å²) >= 11 is 7.66. The number of nitrogens with one attached hydrogen (secondary N) is 2. The van der Waals surface area contributed by atoms with E-state index in [1.165, 1.54) is 11.3 Å². The highest BCUT2D eigenvalue weighted by molar-refractivity contribution is 7.21. The van der Waals surface area contributed by atoms with Crippen LogP contribution in [0.3, 0.4) is 0 Å². The summed E-state index contributed by atoms with van der Waals surface area (Å²) in [7, 11) is 0. The normalized spacial score (nSPS) is 18.0. The number of halogens is 1. The number of anilines is 1. The summed E-state index contributed by atoms with van der Waals surface area (Å²) in [4.78, 5) is 37.3. The fourth-order valence-corrected chi connectivity index (χ4v) is 5.25. The van der Waals surface area contributed by atoms with E-state index in [1.807, 2.05) is 30.3 Å². The summed E-state index contributed by atoms with van der Waals surface area (Å²) < 4.78 is 0.917. The molecule has 0 saturated heterocycles. The van der Waals surface area contributed by atoms with Crippen LogP contribution >= 0.6 is 22.9 Å². The number of carbonyl (C=O) groups excluding carboxylic acids is 2. The van der Waals surface area contributed by atoms with Gasteiger partial charge in [0.2, 0.25) is 5.91 Å². The maximum Gasteiger partial charge on any atom is 0.307 e. The molecule has 3 aromatic rings. The first-order valence-electron chi connectivity index (χ1n) is 10.7. The van der Waals surface area contributed by atoms with Gasteiger partial charge in [-0.2, -0.15) is 5.10 Å². The second-order valence-corrected chi connectivity index (χ2v) is 9.37.